The molecule has 0 spiro atoms. The molecule has 1 aliphatic heterocycles. The third-order valence-corrected chi connectivity index (χ3v) is 3.16. The van der Waals surface area contributed by atoms with Gasteiger partial charge in [0.05, 0.1) is 7.11 Å². The second-order valence-electron chi connectivity index (χ2n) is 5.11. The molecule has 1 N–H and O–H groups in total. The molecule has 4 nitrogen and oxygen atoms in total. The highest BCUT2D eigenvalue weighted by atomic mass is 16.5. The number of ether oxygens (including phenoxy) is 1. The molecular weight excluding hydrogens is 216 g/mol. The second-order valence-corrected chi connectivity index (χ2v) is 5.11. The monoisotopic (exact) mass is 242 g/mol. The molecule has 1 fully saturated rings. The summed E-state index contributed by atoms with van der Waals surface area (Å²) < 4.78 is 4.86. The fraction of sp³-hybridized carbons (Fsp3) is 0.923. The number of esters is 1. The number of methoxy groups -OCH3 is 1. The Morgan fingerprint density at radius 1 is 1.24 bits per heavy atom. The van der Waals surface area contributed by atoms with Gasteiger partial charge in [0.1, 0.15) is 6.04 Å². The number of likely N-dealkylation sites (tertiary alicyclic amines) is 1. The van der Waals surface area contributed by atoms with E-state index in [9.17, 15) is 4.79 Å². The van der Waals surface area contributed by atoms with E-state index in [0.29, 0.717) is 6.04 Å². The molecule has 1 heterocycles. The summed E-state index contributed by atoms with van der Waals surface area (Å²) in [5.74, 6) is -0.150. The first-order valence-corrected chi connectivity index (χ1v) is 6.69. The van der Waals surface area contributed by atoms with E-state index in [-0.39, 0.29) is 12.0 Å². The molecule has 1 aliphatic rings. The van der Waals surface area contributed by atoms with E-state index < -0.39 is 0 Å². The molecule has 0 amide bonds. The van der Waals surface area contributed by atoms with E-state index >= 15 is 0 Å². The zero-order valence-corrected chi connectivity index (χ0v) is 11.4. The van der Waals surface area contributed by atoms with Gasteiger partial charge < -0.3 is 15.0 Å². The number of carbonyl (C=O) groups excluding carboxylic acids is 1. The van der Waals surface area contributed by atoms with Gasteiger partial charge in [-0.05, 0) is 25.9 Å². The van der Waals surface area contributed by atoms with Crippen molar-refractivity contribution in [2.75, 3.05) is 26.7 Å². The number of nitrogens with one attached hydrogen (secondary N) is 1. The summed E-state index contributed by atoms with van der Waals surface area (Å²) in [5.41, 5.74) is 0. The number of nitrogens with zero attached hydrogens (tertiary/aromatic N) is 1. The lowest BCUT2D eigenvalue weighted by Gasteiger charge is -2.26. The molecule has 0 radical (unpaired) electrons. The van der Waals surface area contributed by atoms with Crippen LogP contribution in [-0.2, 0) is 9.53 Å². The Labute approximate surface area is 105 Å². The van der Waals surface area contributed by atoms with Crippen LogP contribution in [0.3, 0.4) is 0 Å². The van der Waals surface area contributed by atoms with Crippen LogP contribution in [0.4, 0.5) is 0 Å². The van der Waals surface area contributed by atoms with Gasteiger partial charge in [-0.3, -0.25) is 4.79 Å². The minimum absolute atomic E-state index is 0.150. The summed E-state index contributed by atoms with van der Waals surface area (Å²) in [7, 11) is 1.46. The van der Waals surface area contributed by atoms with E-state index in [1.54, 1.807) is 0 Å². The highest BCUT2D eigenvalue weighted by Gasteiger charge is 2.23. The van der Waals surface area contributed by atoms with E-state index in [1.165, 1.54) is 32.8 Å². The summed E-state index contributed by atoms with van der Waals surface area (Å²) in [5, 5.41) is 3.28. The highest BCUT2D eigenvalue weighted by Crippen LogP contribution is 2.10. The quantitative estimate of drug-likeness (QED) is 0.740. The van der Waals surface area contributed by atoms with Crippen molar-refractivity contribution in [3.63, 3.8) is 0 Å². The largest absolute Gasteiger partial charge is 0.468 e. The maximum atomic E-state index is 11.7. The van der Waals surface area contributed by atoms with E-state index in [0.717, 1.165) is 19.6 Å². The topological polar surface area (TPSA) is 41.6 Å². The molecule has 17 heavy (non-hydrogen) atoms. The second kappa shape index (κ2) is 7.67. The van der Waals surface area contributed by atoms with Gasteiger partial charge in [0, 0.05) is 12.6 Å². The molecule has 0 aromatic carbocycles. The van der Waals surface area contributed by atoms with Crippen molar-refractivity contribution < 1.29 is 9.53 Å². The predicted molar refractivity (Wildman–Crippen MR) is 69.0 cm³/mol. The van der Waals surface area contributed by atoms with Crippen molar-refractivity contribution in [1.82, 2.24) is 10.2 Å². The van der Waals surface area contributed by atoms with Gasteiger partial charge in [0.15, 0.2) is 0 Å². The highest BCUT2D eigenvalue weighted by molar-refractivity contribution is 5.75. The van der Waals surface area contributed by atoms with Crippen LogP contribution in [-0.4, -0.2) is 49.7 Å². The fourth-order valence-electron chi connectivity index (χ4n) is 2.32. The van der Waals surface area contributed by atoms with Crippen molar-refractivity contribution in [2.24, 2.45) is 0 Å². The number of rotatable bonds is 5. The van der Waals surface area contributed by atoms with Crippen LogP contribution in [0.2, 0.25) is 0 Å². The molecule has 1 saturated heterocycles. The van der Waals surface area contributed by atoms with Crippen LogP contribution in [0.15, 0.2) is 0 Å². The standard InChI is InChI=1S/C13H26N2O2/c1-11(2)14-12(13(16)17-3)10-15-8-6-4-5-7-9-15/h11-12,14H,4-10H2,1-3H3. The maximum absolute atomic E-state index is 11.7. The molecule has 0 aromatic heterocycles. The van der Waals surface area contributed by atoms with Crippen LogP contribution in [0.5, 0.6) is 0 Å². The van der Waals surface area contributed by atoms with Gasteiger partial charge in [0.2, 0.25) is 0 Å². The lowest BCUT2D eigenvalue weighted by Crippen LogP contribution is -2.49. The zero-order chi connectivity index (χ0) is 12.7. The van der Waals surface area contributed by atoms with Gasteiger partial charge in [-0.25, -0.2) is 0 Å². The number of hydrogen-bond donors (Lipinski definition) is 1. The minimum Gasteiger partial charge on any atom is -0.468 e. The first-order valence-electron chi connectivity index (χ1n) is 6.69. The summed E-state index contributed by atoms with van der Waals surface area (Å²) in [6, 6.07) is 0.101. The molecule has 1 unspecified atom stereocenters. The van der Waals surface area contributed by atoms with Crippen molar-refractivity contribution in [3.05, 3.63) is 0 Å². The Bertz CT molecular complexity index is 223. The molecule has 0 aromatic rings. The van der Waals surface area contributed by atoms with E-state index in [2.05, 4.69) is 24.1 Å². The van der Waals surface area contributed by atoms with Gasteiger partial charge in [0.25, 0.3) is 0 Å². The van der Waals surface area contributed by atoms with Gasteiger partial charge in [-0.2, -0.15) is 0 Å². The van der Waals surface area contributed by atoms with E-state index in [1.807, 2.05) is 0 Å². The molecule has 4 heteroatoms. The summed E-state index contributed by atoms with van der Waals surface area (Å²) in [6.45, 7) is 7.09. The van der Waals surface area contributed by atoms with Gasteiger partial charge >= 0.3 is 5.97 Å². The SMILES string of the molecule is COC(=O)C(CN1CCCCCC1)NC(C)C. The third kappa shape index (κ3) is 5.50. The lowest BCUT2D eigenvalue weighted by atomic mass is 10.2. The Hall–Kier alpha value is -0.610. The van der Waals surface area contributed by atoms with Gasteiger partial charge in [-0.15, -0.1) is 0 Å². The molecule has 1 rings (SSSR count). The summed E-state index contributed by atoms with van der Waals surface area (Å²) in [4.78, 5) is 14.1. The third-order valence-electron chi connectivity index (χ3n) is 3.16. The molecule has 100 valence electrons. The Kier molecular flexibility index (Phi) is 6.52. The van der Waals surface area contributed by atoms with Crippen molar-refractivity contribution in [1.29, 1.82) is 0 Å². The first kappa shape index (κ1) is 14.5. The van der Waals surface area contributed by atoms with Crippen molar-refractivity contribution in [3.8, 4) is 0 Å². The van der Waals surface area contributed by atoms with Crippen LogP contribution in [0.25, 0.3) is 0 Å². The summed E-state index contributed by atoms with van der Waals surface area (Å²) in [6.07, 6.45) is 5.12. The fourth-order valence-corrected chi connectivity index (χ4v) is 2.32. The minimum atomic E-state index is -0.196. The maximum Gasteiger partial charge on any atom is 0.324 e. The number of hydrogen-bond acceptors (Lipinski definition) is 4. The molecule has 0 saturated carbocycles. The number of carbonyl (C=O) groups is 1. The molecule has 0 aliphatic carbocycles. The summed E-state index contributed by atoms with van der Waals surface area (Å²) >= 11 is 0. The van der Waals surface area contributed by atoms with Crippen LogP contribution in [0.1, 0.15) is 39.5 Å². The Morgan fingerprint density at radius 2 is 1.82 bits per heavy atom. The van der Waals surface area contributed by atoms with Crippen LogP contribution < -0.4 is 5.32 Å². The molecule has 0 bridgehead atoms. The van der Waals surface area contributed by atoms with Gasteiger partial charge in [-0.1, -0.05) is 26.7 Å². The predicted octanol–water partition coefficient (Wildman–Crippen LogP) is 1.40. The smallest absolute Gasteiger partial charge is 0.324 e. The molecule has 1 atom stereocenters. The molecular formula is C13H26N2O2. The zero-order valence-electron chi connectivity index (χ0n) is 11.4. The van der Waals surface area contributed by atoms with Crippen molar-refractivity contribution in [2.45, 2.75) is 51.6 Å². The first-order chi connectivity index (χ1) is 8.13. The van der Waals surface area contributed by atoms with E-state index in [4.69, 9.17) is 4.74 Å². The Balaban J connectivity index is 2.48. The van der Waals surface area contributed by atoms with Crippen LogP contribution >= 0.6 is 0 Å². The average molecular weight is 242 g/mol. The lowest BCUT2D eigenvalue weighted by molar-refractivity contribution is -0.143. The van der Waals surface area contributed by atoms with Crippen molar-refractivity contribution >= 4 is 5.97 Å². The van der Waals surface area contributed by atoms with Crippen LogP contribution in [0, 0.1) is 0 Å². The Morgan fingerprint density at radius 3 is 2.29 bits per heavy atom. The normalized spacial score (nSPS) is 20.0. The average Bonchev–Trinajstić information content (AvgIpc) is 2.55.